The van der Waals surface area contributed by atoms with Gasteiger partial charge in [0, 0.05) is 18.2 Å². The molecular weight excluding hydrogens is 328 g/mol. The maximum absolute atomic E-state index is 6.12. The van der Waals surface area contributed by atoms with E-state index in [1.54, 1.807) is 14.2 Å². The van der Waals surface area contributed by atoms with Gasteiger partial charge in [0.2, 0.25) is 0 Å². The van der Waals surface area contributed by atoms with Crippen LogP contribution in [0.4, 0.5) is 0 Å². The Hall–Kier alpha value is -1.36. The fourth-order valence-electron chi connectivity index (χ4n) is 6.59. The predicted octanol–water partition coefficient (Wildman–Crippen LogP) is 4.68. The van der Waals surface area contributed by atoms with E-state index >= 15 is 0 Å². The molecule has 1 aromatic carbocycles. The Bertz CT molecular complexity index is 708. The van der Waals surface area contributed by atoms with Gasteiger partial charge in [0.25, 0.3) is 5.79 Å². The minimum absolute atomic E-state index is 0.345. The van der Waals surface area contributed by atoms with Crippen LogP contribution in [0.2, 0.25) is 0 Å². The monoisotopic (exact) mass is 356 g/mol. The summed E-state index contributed by atoms with van der Waals surface area (Å²) in [5.74, 6) is 2.80. The average molecular weight is 356 g/mol. The van der Waals surface area contributed by atoms with Gasteiger partial charge in [-0.05, 0) is 68.8 Å². The fraction of sp³-hybridized carbons (Fsp3) is 0.636. The third-order valence-electron chi connectivity index (χ3n) is 7.41. The molecule has 4 nitrogen and oxygen atoms in total. The molecule has 1 saturated heterocycles. The molecule has 5 fully saturated rings. The van der Waals surface area contributed by atoms with E-state index in [1.807, 2.05) is 13.0 Å². The Morgan fingerprint density at radius 1 is 1.00 bits per heavy atom. The summed E-state index contributed by atoms with van der Waals surface area (Å²) >= 11 is 0. The average Bonchev–Trinajstić information content (AvgIpc) is 2.62. The molecule has 1 unspecified atom stereocenters. The number of rotatable bonds is 4. The van der Waals surface area contributed by atoms with Crippen LogP contribution in [0.3, 0.4) is 0 Å². The molecule has 1 heterocycles. The Balaban J connectivity index is 1.59. The second kappa shape index (κ2) is 5.82. The van der Waals surface area contributed by atoms with Gasteiger partial charge in [0.1, 0.15) is 5.75 Å². The minimum Gasteiger partial charge on any atom is -0.496 e. The number of allylic oxidation sites excluding steroid dienone is 1. The van der Waals surface area contributed by atoms with E-state index in [2.05, 4.69) is 24.3 Å². The molecule has 0 aromatic heterocycles. The summed E-state index contributed by atoms with van der Waals surface area (Å²) in [6.07, 6.45) is 10.5. The lowest BCUT2D eigenvalue weighted by Crippen LogP contribution is -2.76. The van der Waals surface area contributed by atoms with Crippen LogP contribution in [-0.4, -0.2) is 19.8 Å². The van der Waals surface area contributed by atoms with Crippen LogP contribution in [0.25, 0.3) is 6.08 Å². The molecule has 0 amide bonds. The second-order valence-electron chi connectivity index (χ2n) is 8.54. The largest absolute Gasteiger partial charge is 0.496 e. The first-order valence-electron chi connectivity index (χ1n) is 9.90. The maximum Gasteiger partial charge on any atom is 0.260 e. The van der Waals surface area contributed by atoms with Gasteiger partial charge in [-0.15, -0.1) is 0 Å². The van der Waals surface area contributed by atoms with Crippen molar-refractivity contribution in [2.24, 2.45) is 23.7 Å². The van der Waals surface area contributed by atoms with E-state index in [9.17, 15) is 0 Å². The van der Waals surface area contributed by atoms with E-state index in [1.165, 1.54) is 32.1 Å². The summed E-state index contributed by atoms with van der Waals surface area (Å²) < 4.78 is 11.8. The maximum atomic E-state index is 6.12. The van der Waals surface area contributed by atoms with E-state index in [-0.39, 0.29) is 5.60 Å². The lowest BCUT2D eigenvalue weighted by Gasteiger charge is -2.68. The molecule has 1 atom stereocenters. The zero-order valence-electron chi connectivity index (χ0n) is 15.9. The zero-order chi connectivity index (χ0) is 17.9. The molecule has 0 N–H and O–H groups in total. The molecule has 1 spiro atoms. The molecule has 4 aliphatic carbocycles. The lowest BCUT2D eigenvalue weighted by molar-refractivity contribution is -0.645. The van der Waals surface area contributed by atoms with Crippen molar-refractivity contribution in [3.05, 3.63) is 35.4 Å². The van der Waals surface area contributed by atoms with Crippen LogP contribution in [0.15, 0.2) is 24.3 Å². The van der Waals surface area contributed by atoms with Crippen LogP contribution < -0.4 is 4.74 Å². The standard InChI is InChI=1S/C22H28O4/c1-4-5-16-6-7-17(13-20(16)23-2)22(24-3)21(25-26-22)18-9-14-8-15(11-18)12-19(21)10-14/h4-7,13-15,18-19H,8-12H2,1-3H3/b5-4+. The summed E-state index contributed by atoms with van der Waals surface area (Å²) in [6, 6.07) is 6.26. The SMILES string of the molecule is C/C=C/c1ccc(C2(OC)OOC23C2CC4CC(C2)CC3C4)cc1OC. The lowest BCUT2D eigenvalue weighted by atomic mass is 9.47. The third-order valence-corrected chi connectivity index (χ3v) is 7.41. The van der Waals surface area contributed by atoms with E-state index in [4.69, 9.17) is 19.2 Å². The highest BCUT2D eigenvalue weighted by molar-refractivity contribution is 5.58. The van der Waals surface area contributed by atoms with Crippen LogP contribution in [-0.2, 0) is 20.3 Å². The summed E-state index contributed by atoms with van der Waals surface area (Å²) in [7, 11) is 3.46. The molecule has 140 valence electrons. The molecule has 0 radical (unpaired) electrons. The van der Waals surface area contributed by atoms with Gasteiger partial charge in [0.15, 0.2) is 5.60 Å². The Morgan fingerprint density at radius 3 is 2.19 bits per heavy atom. The molecule has 1 aromatic rings. The second-order valence-corrected chi connectivity index (χ2v) is 8.54. The quantitative estimate of drug-likeness (QED) is 0.734. The summed E-state index contributed by atoms with van der Waals surface area (Å²) in [4.78, 5) is 11.9. The molecular formula is C22H28O4. The van der Waals surface area contributed by atoms with Crippen molar-refractivity contribution in [3.8, 4) is 5.75 Å². The van der Waals surface area contributed by atoms with Crippen molar-refractivity contribution >= 4 is 6.08 Å². The van der Waals surface area contributed by atoms with E-state index in [0.717, 1.165) is 28.7 Å². The number of hydrogen-bond donors (Lipinski definition) is 0. The highest BCUT2D eigenvalue weighted by Crippen LogP contribution is 2.69. The molecule has 4 heteroatoms. The van der Waals surface area contributed by atoms with Gasteiger partial charge in [0.05, 0.1) is 7.11 Å². The third kappa shape index (κ3) is 1.96. The van der Waals surface area contributed by atoms with E-state index in [0.29, 0.717) is 11.8 Å². The van der Waals surface area contributed by atoms with Crippen LogP contribution in [0.5, 0.6) is 5.75 Å². The van der Waals surface area contributed by atoms with Crippen LogP contribution >= 0.6 is 0 Å². The van der Waals surface area contributed by atoms with Gasteiger partial charge in [-0.3, -0.25) is 0 Å². The zero-order valence-corrected chi connectivity index (χ0v) is 15.9. The number of ether oxygens (including phenoxy) is 2. The first-order chi connectivity index (χ1) is 12.7. The molecule has 4 bridgehead atoms. The van der Waals surface area contributed by atoms with Crippen molar-refractivity contribution < 1.29 is 19.2 Å². The highest BCUT2D eigenvalue weighted by Gasteiger charge is 2.76. The number of methoxy groups -OCH3 is 2. The van der Waals surface area contributed by atoms with E-state index < -0.39 is 5.79 Å². The smallest absolute Gasteiger partial charge is 0.260 e. The first kappa shape index (κ1) is 16.8. The van der Waals surface area contributed by atoms with Crippen molar-refractivity contribution in [1.82, 2.24) is 0 Å². The van der Waals surface area contributed by atoms with Gasteiger partial charge >= 0.3 is 0 Å². The number of benzene rings is 1. The summed E-state index contributed by atoms with van der Waals surface area (Å²) in [6.45, 7) is 2.01. The van der Waals surface area contributed by atoms with Crippen molar-refractivity contribution in [2.75, 3.05) is 14.2 Å². The molecule has 4 saturated carbocycles. The Morgan fingerprint density at radius 2 is 1.69 bits per heavy atom. The molecule has 26 heavy (non-hydrogen) atoms. The Labute approximate surface area is 155 Å². The van der Waals surface area contributed by atoms with Crippen molar-refractivity contribution in [1.29, 1.82) is 0 Å². The van der Waals surface area contributed by atoms with Crippen molar-refractivity contribution in [3.63, 3.8) is 0 Å². The molecule has 5 aliphatic rings. The number of hydrogen-bond acceptors (Lipinski definition) is 4. The van der Waals surface area contributed by atoms with Gasteiger partial charge < -0.3 is 9.47 Å². The Kier molecular flexibility index (Phi) is 3.76. The first-order valence-corrected chi connectivity index (χ1v) is 9.90. The summed E-state index contributed by atoms with van der Waals surface area (Å²) in [5, 5.41) is 0. The van der Waals surface area contributed by atoms with Crippen LogP contribution in [0.1, 0.15) is 50.2 Å². The summed E-state index contributed by atoms with van der Waals surface area (Å²) in [5.41, 5.74) is 1.72. The topological polar surface area (TPSA) is 36.9 Å². The van der Waals surface area contributed by atoms with Gasteiger partial charge in [-0.2, -0.15) is 4.89 Å². The molecule has 6 rings (SSSR count). The van der Waals surface area contributed by atoms with Crippen LogP contribution in [0, 0.1) is 23.7 Å². The highest BCUT2D eigenvalue weighted by atomic mass is 17.3. The predicted molar refractivity (Wildman–Crippen MR) is 98.3 cm³/mol. The normalized spacial score (nSPS) is 43.2. The fourth-order valence-corrected chi connectivity index (χ4v) is 6.59. The van der Waals surface area contributed by atoms with Gasteiger partial charge in [-0.25, -0.2) is 4.89 Å². The van der Waals surface area contributed by atoms with Crippen molar-refractivity contribution in [2.45, 2.75) is 50.4 Å². The van der Waals surface area contributed by atoms with Gasteiger partial charge in [-0.1, -0.05) is 24.3 Å². The minimum atomic E-state index is -0.822. The molecule has 1 aliphatic heterocycles.